The van der Waals surface area contributed by atoms with Crippen molar-refractivity contribution in [3.05, 3.63) is 93.2 Å². The van der Waals surface area contributed by atoms with Gasteiger partial charge in [0.05, 0.1) is 15.7 Å². The van der Waals surface area contributed by atoms with Crippen LogP contribution >= 0.6 is 23.2 Å². The van der Waals surface area contributed by atoms with Crippen LogP contribution in [-0.2, 0) is 6.54 Å². The average molecular weight is 501 g/mol. The van der Waals surface area contributed by atoms with E-state index in [-0.39, 0.29) is 23.6 Å². The second-order valence-electron chi connectivity index (χ2n) is 8.66. The normalized spacial score (nSPS) is 17.9. The monoisotopic (exact) mass is 500 g/mol. The Morgan fingerprint density at radius 3 is 2.47 bits per heavy atom. The fourth-order valence-corrected chi connectivity index (χ4v) is 4.81. The summed E-state index contributed by atoms with van der Waals surface area (Å²) in [6, 6.07) is 17.9. The molecule has 1 heterocycles. The van der Waals surface area contributed by atoms with Crippen LogP contribution in [0.4, 0.5) is 15.8 Å². The maximum atomic E-state index is 14.0. The Bertz CT molecular complexity index is 1190. The van der Waals surface area contributed by atoms with E-state index in [1.54, 1.807) is 12.1 Å². The molecule has 178 valence electrons. The van der Waals surface area contributed by atoms with Crippen molar-refractivity contribution < 1.29 is 9.18 Å². The summed E-state index contributed by atoms with van der Waals surface area (Å²) in [4.78, 5) is 17.3. The first-order chi connectivity index (χ1) is 16.3. The molecule has 3 N–H and O–H groups in total. The van der Waals surface area contributed by atoms with Crippen LogP contribution in [0.1, 0.15) is 27.4 Å². The predicted molar refractivity (Wildman–Crippen MR) is 137 cm³/mol. The van der Waals surface area contributed by atoms with Crippen molar-refractivity contribution in [2.75, 3.05) is 38.2 Å². The molecule has 0 aliphatic carbocycles. The summed E-state index contributed by atoms with van der Waals surface area (Å²) in [7, 11) is 3.83. The number of nitrogens with two attached hydrogens (primary N) is 1. The summed E-state index contributed by atoms with van der Waals surface area (Å²) in [5.41, 5.74) is 9.16. The number of nitrogens with zero attached hydrogens (tertiary/aromatic N) is 2. The van der Waals surface area contributed by atoms with E-state index in [9.17, 15) is 9.18 Å². The Kier molecular flexibility index (Phi) is 7.31. The number of likely N-dealkylation sites (N-methyl/N-ethyl adjacent to an activating group) is 1. The number of benzene rings is 3. The third-order valence-corrected chi connectivity index (χ3v) is 7.17. The quantitative estimate of drug-likeness (QED) is 0.438. The number of likely N-dealkylation sites (tertiary alicyclic amines) is 1. The minimum Gasteiger partial charge on any atom is -0.396 e. The fraction of sp³-hybridized carbons (Fsp3) is 0.269. The predicted octanol–water partition coefficient (Wildman–Crippen LogP) is 5.50. The first-order valence-corrected chi connectivity index (χ1v) is 11.8. The lowest BCUT2D eigenvalue weighted by Gasteiger charge is -2.29. The summed E-state index contributed by atoms with van der Waals surface area (Å²) < 4.78 is 14.0. The Labute approximate surface area is 209 Å². The van der Waals surface area contributed by atoms with E-state index in [0.29, 0.717) is 35.2 Å². The Morgan fingerprint density at radius 1 is 1.09 bits per heavy atom. The smallest absolute Gasteiger partial charge is 0.253 e. The number of rotatable bonds is 6. The number of carbonyl (C=O) groups excluding carboxylic acids is 1. The summed E-state index contributed by atoms with van der Waals surface area (Å²) >= 11 is 12.5. The van der Waals surface area contributed by atoms with E-state index in [1.165, 1.54) is 6.07 Å². The number of nitrogen functional groups attached to an aromatic ring is 1. The van der Waals surface area contributed by atoms with Crippen LogP contribution in [0.15, 0.2) is 60.7 Å². The molecule has 0 bridgehead atoms. The Hall–Kier alpha value is -2.80. The van der Waals surface area contributed by atoms with Gasteiger partial charge in [-0.05, 0) is 66.7 Å². The zero-order valence-electron chi connectivity index (χ0n) is 19.1. The molecule has 5 nitrogen and oxygen atoms in total. The van der Waals surface area contributed by atoms with Gasteiger partial charge in [0.15, 0.2) is 0 Å². The van der Waals surface area contributed by atoms with E-state index in [2.05, 4.69) is 10.2 Å². The standard InChI is InChI=1S/C26H27Cl2FN4O/c1-31-19-7-4-17(5-8-19)26(34)33-14-20(18-6-9-21(27)22(28)12-18)25(15-33)32(2)13-16-3-10-24(30)23(29)11-16/h3-12,20,25,31H,13-15,30H2,1-2H3. The van der Waals surface area contributed by atoms with Crippen molar-refractivity contribution in [1.82, 2.24) is 9.80 Å². The van der Waals surface area contributed by atoms with Gasteiger partial charge in [0, 0.05) is 49.9 Å². The molecule has 0 spiro atoms. The molecular formula is C26H27Cl2FN4O. The molecule has 0 saturated carbocycles. The molecule has 2 unspecified atom stereocenters. The molecule has 4 rings (SSSR count). The van der Waals surface area contributed by atoms with E-state index >= 15 is 0 Å². The number of hydrogen-bond donors (Lipinski definition) is 2. The highest BCUT2D eigenvalue weighted by Gasteiger charge is 2.39. The van der Waals surface area contributed by atoms with Crippen molar-refractivity contribution in [2.45, 2.75) is 18.5 Å². The number of nitrogens with one attached hydrogen (secondary N) is 1. The molecule has 1 aliphatic heterocycles. The number of amides is 1. The lowest BCUT2D eigenvalue weighted by Crippen LogP contribution is -2.38. The first-order valence-electron chi connectivity index (χ1n) is 11.0. The largest absolute Gasteiger partial charge is 0.396 e. The SMILES string of the molecule is CNc1ccc(C(=O)N2CC(c3ccc(Cl)c(Cl)c3)C(N(C)Cc3ccc(N)c(F)c3)C2)cc1. The summed E-state index contributed by atoms with van der Waals surface area (Å²) in [6.45, 7) is 1.58. The second kappa shape index (κ2) is 10.2. The molecule has 3 aromatic carbocycles. The van der Waals surface area contributed by atoms with Gasteiger partial charge in [-0.25, -0.2) is 4.39 Å². The van der Waals surface area contributed by atoms with Gasteiger partial charge in [0.2, 0.25) is 0 Å². The maximum Gasteiger partial charge on any atom is 0.253 e. The van der Waals surface area contributed by atoms with Crippen LogP contribution in [-0.4, -0.2) is 48.9 Å². The second-order valence-corrected chi connectivity index (χ2v) is 9.47. The molecule has 1 fully saturated rings. The molecule has 0 radical (unpaired) electrons. The van der Waals surface area contributed by atoms with E-state index in [1.807, 2.05) is 61.5 Å². The van der Waals surface area contributed by atoms with Crippen LogP contribution in [0.25, 0.3) is 0 Å². The third-order valence-electron chi connectivity index (χ3n) is 6.43. The van der Waals surface area contributed by atoms with Gasteiger partial charge >= 0.3 is 0 Å². The molecule has 2 atom stereocenters. The van der Waals surface area contributed by atoms with Gasteiger partial charge in [0.1, 0.15) is 5.82 Å². The average Bonchev–Trinajstić information content (AvgIpc) is 3.28. The third kappa shape index (κ3) is 5.14. The van der Waals surface area contributed by atoms with Crippen LogP contribution in [0.5, 0.6) is 0 Å². The minimum absolute atomic E-state index is 0.00149. The van der Waals surface area contributed by atoms with Gasteiger partial charge in [-0.15, -0.1) is 0 Å². The highest BCUT2D eigenvalue weighted by molar-refractivity contribution is 6.42. The van der Waals surface area contributed by atoms with Crippen molar-refractivity contribution >= 4 is 40.5 Å². The van der Waals surface area contributed by atoms with Crippen molar-refractivity contribution in [2.24, 2.45) is 0 Å². The molecule has 1 saturated heterocycles. The van der Waals surface area contributed by atoms with E-state index in [4.69, 9.17) is 28.9 Å². The lowest BCUT2D eigenvalue weighted by atomic mass is 9.93. The number of carbonyl (C=O) groups is 1. The molecule has 1 aliphatic rings. The number of anilines is 2. The van der Waals surface area contributed by atoms with E-state index in [0.717, 1.165) is 16.8 Å². The molecule has 8 heteroatoms. The van der Waals surface area contributed by atoms with Gasteiger partial charge in [0.25, 0.3) is 5.91 Å². The van der Waals surface area contributed by atoms with Crippen LogP contribution in [0.3, 0.4) is 0 Å². The maximum absolute atomic E-state index is 14.0. The summed E-state index contributed by atoms with van der Waals surface area (Å²) in [6.07, 6.45) is 0. The number of hydrogen-bond acceptors (Lipinski definition) is 4. The van der Waals surface area contributed by atoms with Crippen LogP contribution in [0.2, 0.25) is 10.0 Å². The van der Waals surface area contributed by atoms with Crippen molar-refractivity contribution in [1.29, 1.82) is 0 Å². The van der Waals surface area contributed by atoms with Crippen molar-refractivity contribution in [3.8, 4) is 0 Å². The van der Waals surface area contributed by atoms with Gasteiger partial charge in [-0.3, -0.25) is 9.69 Å². The number of halogens is 3. The van der Waals surface area contributed by atoms with Gasteiger partial charge in [-0.1, -0.05) is 35.3 Å². The molecule has 1 amide bonds. The zero-order valence-corrected chi connectivity index (χ0v) is 20.6. The van der Waals surface area contributed by atoms with Crippen LogP contribution in [0, 0.1) is 5.82 Å². The van der Waals surface area contributed by atoms with Gasteiger partial charge in [-0.2, -0.15) is 0 Å². The molecule has 34 heavy (non-hydrogen) atoms. The summed E-state index contributed by atoms with van der Waals surface area (Å²) in [5.74, 6) is -0.443. The van der Waals surface area contributed by atoms with Gasteiger partial charge < -0.3 is 16.0 Å². The first kappa shape index (κ1) is 24.3. The van der Waals surface area contributed by atoms with Crippen LogP contribution < -0.4 is 11.1 Å². The van der Waals surface area contributed by atoms with Crippen molar-refractivity contribution in [3.63, 3.8) is 0 Å². The van der Waals surface area contributed by atoms with E-state index < -0.39 is 5.82 Å². The topological polar surface area (TPSA) is 61.6 Å². The Balaban J connectivity index is 1.61. The zero-order chi connectivity index (χ0) is 24.4. The summed E-state index contributed by atoms with van der Waals surface area (Å²) in [5, 5.41) is 4.03. The molecule has 3 aromatic rings. The highest BCUT2D eigenvalue weighted by Crippen LogP contribution is 2.35. The Morgan fingerprint density at radius 2 is 1.82 bits per heavy atom. The molecular weight excluding hydrogens is 474 g/mol. The molecule has 0 aromatic heterocycles. The highest BCUT2D eigenvalue weighted by atomic mass is 35.5. The minimum atomic E-state index is -0.430. The lowest BCUT2D eigenvalue weighted by molar-refractivity contribution is 0.0779. The fourth-order valence-electron chi connectivity index (χ4n) is 4.51.